The average Bonchev–Trinajstić information content (AvgIpc) is 3.13. The van der Waals surface area contributed by atoms with Crippen molar-refractivity contribution in [1.82, 2.24) is 10.3 Å². The molecule has 146 valence electrons. The van der Waals surface area contributed by atoms with Crippen LogP contribution < -0.4 is 15.4 Å². The fourth-order valence-electron chi connectivity index (χ4n) is 4.11. The van der Waals surface area contributed by atoms with Crippen molar-refractivity contribution >= 4 is 17.4 Å². The maximum atomic E-state index is 13.3. The minimum Gasteiger partial charge on any atom is -0.497 e. The highest BCUT2D eigenvalue weighted by molar-refractivity contribution is 6.00. The van der Waals surface area contributed by atoms with Gasteiger partial charge < -0.3 is 15.4 Å². The standard InChI is InChI=1S/C22H20N4O3/c1-28-16-9-7-13(8-10-16)15-11-17-19(18(27)12-15)20(14-5-3-2-4-6-14)24-22-21(23-17)25-29-26-22/h2-10,15,20H,11-12H2,1H3,(H,23,25)(H,24,26). The highest BCUT2D eigenvalue weighted by Crippen LogP contribution is 2.43. The molecular formula is C22H20N4O3. The van der Waals surface area contributed by atoms with Crippen LogP contribution in [0.15, 0.2) is 70.5 Å². The van der Waals surface area contributed by atoms with Gasteiger partial charge in [-0.15, -0.1) is 0 Å². The number of hydrogen-bond donors (Lipinski definition) is 2. The molecule has 1 aliphatic heterocycles. The molecule has 0 bridgehead atoms. The topological polar surface area (TPSA) is 89.3 Å². The average molecular weight is 388 g/mol. The number of ether oxygens (including phenoxy) is 1. The molecule has 29 heavy (non-hydrogen) atoms. The monoisotopic (exact) mass is 388 g/mol. The molecular weight excluding hydrogens is 368 g/mol. The normalized spacial score (nSPS) is 20.8. The molecule has 0 fully saturated rings. The van der Waals surface area contributed by atoms with Crippen molar-refractivity contribution < 1.29 is 14.2 Å². The number of nitrogens with one attached hydrogen (secondary N) is 2. The van der Waals surface area contributed by atoms with Crippen LogP contribution in [0.25, 0.3) is 0 Å². The number of carbonyl (C=O) groups excluding carboxylic acids is 1. The number of fused-ring (bicyclic) bond motifs is 1. The smallest absolute Gasteiger partial charge is 0.219 e. The summed E-state index contributed by atoms with van der Waals surface area (Å²) in [5.41, 5.74) is 3.70. The van der Waals surface area contributed by atoms with Gasteiger partial charge in [-0.3, -0.25) is 4.79 Å². The first-order valence-corrected chi connectivity index (χ1v) is 9.54. The Morgan fingerprint density at radius 1 is 0.966 bits per heavy atom. The lowest BCUT2D eigenvalue weighted by Gasteiger charge is -2.29. The van der Waals surface area contributed by atoms with Gasteiger partial charge in [-0.1, -0.05) is 42.5 Å². The third-order valence-corrected chi connectivity index (χ3v) is 5.56. The van der Waals surface area contributed by atoms with Crippen LogP contribution in [0.1, 0.15) is 35.9 Å². The van der Waals surface area contributed by atoms with E-state index in [1.165, 1.54) is 0 Å². The van der Waals surface area contributed by atoms with E-state index in [0.717, 1.165) is 28.1 Å². The van der Waals surface area contributed by atoms with E-state index in [1.807, 2.05) is 54.6 Å². The van der Waals surface area contributed by atoms with Crippen molar-refractivity contribution in [2.45, 2.75) is 24.8 Å². The highest BCUT2D eigenvalue weighted by atomic mass is 16.6. The Bertz CT molecular complexity index is 1070. The van der Waals surface area contributed by atoms with E-state index in [-0.39, 0.29) is 17.7 Å². The van der Waals surface area contributed by atoms with Crippen LogP contribution in [0.5, 0.6) is 5.75 Å². The van der Waals surface area contributed by atoms with Crippen LogP contribution in [0, 0.1) is 0 Å². The lowest BCUT2D eigenvalue weighted by Crippen LogP contribution is -2.27. The molecule has 2 atom stereocenters. The number of methoxy groups -OCH3 is 1. The van der Waals surface area contributed by atoms with Crippen molar-refractivity contribution in [1.29, 1.82) is 0 Å². The molecule has 0 amide bonds. The summed E-state index contributed by atoms with van der Waals surface area (Å²) in [6, 6.07) is 17.5. The third kappa shape index (κ3) is 3.14. The van der Waals surface area contributed by atoms with Crippen LogP contribution in [0.3, 0.4) is 0 Å². The summed E-state index contributed by atoms with van der Waals surface area (Å²) in [6.45, 7) is 0. The molecule has 7 nitrogen and oxygen atoms in total. The van der Waals surface area contributed by atoms with Gasteiger partial charge >= 0.3 is 0 Å². The summed E-state index contributed by atoms with van der Waals surface area (Å²) in [6.07, 6.45) is 1.15. The lowest BCUT2D eigenvalue weighted by atomic mass is 9.78. The number of carbonyl (C=O) groups is 1. The quantitative estimate of drug-likeness (QED) is 0.699. The molecule has 3 aromatic rings. The number of nitrogens with zero attached hydrogens (tertiary/aromatic N) is 2. The van der Waals surface area contributed by atoms with E-state index in [9.17, 15) is 4.79 Å². The maximum Gasteiger partial charge on any atom is 0.219 e. The van der Waals surface area contributed by atoms with Gasteiger partial charge in [0.15, 0.2) is 5.78 Å². The van der Waals surface area contributed by atoms with Crippen molar-refractivity contribution in [2.75, 3.05) is 17.7 Å². The molecule has 0 spiro atoms. The van der Waals surface area contributed by atoms with E-state index in [0.29, 0.717) is 24.5 Å². The Kier molecular flexibility index (Phi) is 4.27. The Balaban J connectivity index is 1.56. The summed E-state index contributed by atoms with van der Waals surface area (Å²) >= 11 is 0. The summed E-state index contributed by atoms with van der Waals surface area (Å²) in [7, 11) is 1.64. The SMILES string of the molecule is COc1ccc(C2CC(=O)C3=C(C2)Nc2nonc2NC3c2ccccc2)cc1. The summed E-state index contributed by atoms with van der Waals surface area (Å²) in [5.74, 6) is 2.00. The number of hydrogen-bond acceptors (Lipinski definition) is 7. The number of ketones is 1. The van der Waals surface area contributed by atoms with Crippen LogP contribution in [0.4, 0.5) is 11.6 Å². The van der Waals surface area contributed by atoms with Crippen molar-refractivity contribution in [3.63, 3.8) is 0 Å². The number of anilines is 2. The predicted molar refractivity (Wildman–Crippen MR) is 108 cm³/mol. The van der Waals surface area contributed by atoms with Gasteiger partial charge in [0, 0.05) is 17.7 Å². The minimum absolute atomic E-state index is 0.0810. The Morgan fingerprint density at radius 2 is 1.72 bits per heavy atom. The van der Waals surface area contributed by atoms with Gasteiger partial charge in [0.05, 0.1) is 13.2 Å². The molecule has 0 radical (unpaired) electrons. The predicted octanol–water partition coefficient (Wildman–Crippen LogP) is 4.06. The third-order valence-electron chi connectivity index (χ3n) is 5.56. The van der Waals surface area contributed by atoms with Gasteiger partial charge in [-0.05, 0) is 45.9 Å². The van der Waals surface area contributed by atoms with E-state index in [2.05, 4.69) is 20.9 Å². The lowest BCUT2D eigenvalue weighted by molar-refractivity contribution is -0.116. The fourth-order valence-corrected chi connectivity index (χ4v) is 4.11. The molecule has 2 heterocycles. The van der Waals surface area contributed by atoms with Gasteiger partial charge in [0.1, 0.15) is 5.75 Å². The zero-order valence-corrected chi connectivity index (χ0v) is 15.9. The van der Waals surface area contributed by atoms with Crippen LogP contribution in [0.2, 0.25) is 0 Å². The zero-order valence-electron chi connectivity index (χ0n) is 15.9. The zero-order chi connectivity index (χ0) is 19.8. The largest absolute Gasteiger partial charge is 0.497 e. The first kappa shape index (κ1) is 17.5. The Morgan fingerprint density at radius 3 is 2.48 bits per heavy atom. The summed E-state index contributed by atoms with van der Waals surface area (Å²) in [5, 5.41) is 14.5. The van der Waals surface area contributed by atoms with Gasteiger partial charge in [0.25, 0.3) is 0 Å². The summed E-state index contributed by atoms with van der Waals surface area (Å²) in [4.78, 5) is 13.3. The van der Waals surface area contributed by atoms with Crippen LogP contribution in [-0.2, 0) is 4.79 Å². The van der Waals surface area contributed by atoms with Gasteiger partial charge in [-0.2, -0.15) is 0 Å². The second-order valence-corrected chi connectivity index (χ2v) is 7.27. The van der Waals surface area contributed by atoms with E-state index < -0.39 is 0 Å². The van der Waals surface area contributed by atoms with Crippen molar-refractivity contribution in [2.24, 2.45) is 0 Å². The molecule has 0 saturated carbocycles. The number of benzene rings is 2. The van der Waals surface area contributed by atoms with Gasteiger partial charge in [0.2, 0.25) is 11.6 Å². The fraction of sp³-hybridized carbons (Fsp3) is 0.227. The molecule has 2 N–H and O–H groups in total. The van der Waals surface area contributed by atoms with E-state index >= 15 is 0 Å². The Hall–Kier alpha value is -3.61. The van der Waals surface area contributed by atoms with E-state index in [4.69, 9.17) is 9.37 Å². The maximum absolute atomic E-state index is 13.3. The number of Topliss-reactive ketones (excluding diaryl/α,β-unsaturated/α-hetero) is 1. The summed E-state index contributed by atoms with van der Waals surface area (Å²) < 4.78 is 10.2. The molecule has 1 aromatic heterocycles. The second kappa shape index (κ2) is 7.09. The van der Waals surface area contributed by atoms with Gasteiger partial charge in [-0.25, -0.2) is 4.63 Å². The molecule has 2 unspecified atom stereocenters. The van der Waals surface area contributed by atoms with Crippen LogP contribution >= 0.6 is 0 Å². The number of rotatable bonds is 3. The molecule has 2 aromatic carbocycles. The molecule has 5 rings (SSSR count). The number of aromatic nitrogens is 2. The van der Waals surface area contributed by atoms with Crippen LogP contribution in [-0.4, -0.2) is 23.2 Å². The minimum atomic E-state index is -0.309. The van der Waals surface area contributed by atoms with E-state index in [1.54, 1.807) is 7.11 Å². The van der Waals surface area contributed by atoms with Crippen molar-refractivity contribution in [3.05, 3.63) is 77.0 Å². The highest BCUT2D eigenvalue weighted by Gasteiger charge is 2.37. The molecule has 0 saturated heterocycles. The Labute approximate surface area is 167 Å². The first-order valence-electron chi connectivity index (χ1n) is 9.54. The molecule has 2 aliphatic rings. The molecule has 1 aliphatic carbocycles. The van der Waals surface area contributed by atoms with Crippen molar-refractivity contribution in [3.8, 4) is 5.75 Å². The first-order chi connectivity index (χ1) is 14.2. The second-order valence-electron chi connectivity index (χ2n) is 7.27. The molecule has 7 heteroatoms. The number of allylic oxidation sites excluding steroid dienone is 1.